The van der Waals surface area contributed by atoms with Crippen molar-refractivity contribution in [2.45, 2.75) is 39.0 Å². The van der Waals surface area contributed by atoms with Crippen molar-refractivity contribution in [2.75, 3.05) is 19.6 Å². The third-order valence-corrected chi connectivity index (χ3v) is 4.22. The summed E-state index contributed by atoms with van der Waals surface area (Å²) in [4.78, 5) is 11.5. The van der Waals surface area contributed by atoms with Gasteiger partial charge in [0.15, 0.2) is 0 Å². The molecule has 0 spiro atoms. The zero-order valence-corrected chi connectivity index (χ0v) is 10.3. The molecule has 3 heteroatoms. The molecule has 92 valence electrons. The van der Waals surface area contributed by atoms with Crippen molar-refractivity contribution in [1.29, 1.82) is 0 Å². The molecule has 2 aliphatic rings. The second kappa shape index (κ2) is 5.67. The monoisotopic (exact) mass is 224 g/mol. The van der Waals surface area contributed by atoms with Crippen LogP contribution in [0.1, 0.15) is 39.0 Å². The number of fused-ring (bicyclic) bond motifs is 2. The fourth-order valence-electron chi connectivity index (χ4n) is 3.34. The van der Waals surface area contributed by atoms with Crippen molar-refractivity contribution in [1.82, 2.24) is 10.6 Å². The lowest BCUT2D eigenvalue weighted by Crippen LogP contribution is -2.33. The van der Waals surface area contributed by atoms with Gasteiger partial charge in [0, 0.05) is 19.5 Å². The van der Waals surface area contributed by atoms with E-state index in [0.717, 1.165) is 37.4 Å². The van der Waals surface area contributed by atoms with Gasteiger partial charge in [-0.1, -0.05) is 13.3 Å². The predicted molar refractivity (Wildman–Crippen MR) is 65.1 cm³/mol. The Balaban J connectivity index is 1.59. The van der Waals surface area contributed by atoms with E-state index < -0.39 is 0 Å². The third-order valence-electron chi connectivity index (χ3n) is 4.22. The fraction of sp³-hybridized carbons (Fsp3) is 0.923. The van der Waals surface area contributed by atoms with E-state index in [2.05, 4.69) is 17.6 Å². The normalized spacial score (nSPS) is 31.9. The van der Waals surface area contributed by atoms with Gasteiger partial charge in [-0.25, -0.2) is 0 Å². The van der Waals surface area contributed by atoms with Crippen LogP contribution in [-0.2, 0) is 4.79 Å². The van der Waals surface area contributed by atoms with Gasteiger partial charge in [-0.2, -0.15) is 0 Å². The van der Waals surface area contributed by atoms with Gasteiger partial charge in [-0.3, -0.25) is 4.79 Å². The third kappa shape index (κ3) is 2.97. The molecule has 3 nitrogen and oxygen atoms in total. The van der Waals surface area contributed by atoms with Crippen LogP contribution in [0.5, 0.6) is 0 Å². The van der Waals surface area contributed by atoms with E-state index in [1.54, 1.807) is 0 Å². The lowest BCUT2D eigenvalue weighted by molar-refractivity contribution is -0.121. The molecule has 2 fully saturated rings. The molecule has 2 rings (SSSR count). The molecule has 16 heavy (non-hydrogen) atoms. The number of nitrogens with one attached hydrogen (secondary N) is 2. The highest BCUT2D eigenvalue weighted by Gasteiger charge is 2.39. The highest BCUT2D eigenvalue weighted by molar-refractivity contribution is 5.76. The van der Waals surface area contributed by atoms with Gasteiger partial charge in [0.25, 0.3) is 0 Å². The Bertz CT molecular complexity index is 242. The minimum atomic E-state index is 0.212. The molecule has 0 aromatic rings. The number of carbonyl (C=O) groups excluding carboxylic acids is 1. The Morgan fingerprint density at radius 3 is 2.81 bits per heavy atom. The number of hydrogen-bond donors (Lipinski definition) is 2. The Morgan fingerprint density at radius 1 is 1.31 bits per heavy atom. The smallest absolute Gasteiger partial charge is 0.221 e. The first-order valence-corrected chi connectivity index (χ1v) is 6.77. The first kappa shape index (κ1) is 11.9. The summed E-state index contributed by atoms with van der Waals surface area (Å²) in [5.74, 6) is 2.89. The minimum Gasteiger partial charge on any atom is -0.356 e. The standard InChI is InChI=1S/C13H24N2O/c1-2-14-6-5-13(16)15-9-12-8-10-3-4-11(12)7-10/h10-12,14H,2-9H2,1H3,(H,15,16). The van der Waals surface area contributed by atoms with E-state index >= 15 is 0 Å². The lowest BCUT2D eigenvalue weighted by atomic mass is 9.89. The van der Waals surface area contributed by atoms with E-state index in [1.807, 2.05) is 0 Å². The van der Waals surface area contributed by atoms with Gasteiger partial charge in [-0.15, -0.1) is 0 Å². The maximum absolute atomic E-state index is 11.5. The van der Waals surface area contributed by atoms with Gasteiger partial charge in [0.05, 0.1) is 0 Å². The lowest BCUT2D eigenvalue weighted by Gasteiger charge is -2.21. The summed E-state index contributed by atoms with van der Waals surface area (Å²) < 4.78 is 0. The van der Waals surface area contributed by atoms with Gasteiger partial charge in [-0.05, 0) is 43.6 Å². The predicted octanol–water partition coefficient (Wildman–Crippen LogP) is 1.54. The van der Waals surface area contributed by atoms with Crippen molar-refractivity contribution >= 4 is 5.91 Å². The van der Waals surface area contributed by atoms with Crippen LogP contribution >= 0.6 is 0 Å². The Hall–Kier alpha value is -0.570. The summed E-state index contributed by atoms with van der Waals surface area (Å²) in [6.45, 7) is 4.73. The molecule has 2 N–H and O–H groups in total. The molecular weight excluding hydrogens is 200 g/mol. The molecule has 2 aliphatic carbocycles. The summed E-state index contributed by atoms with van der Waals surface area (Å²) in [5.41, 5.74) is 0. The number of amides is 1. The topological polar surface area (TPSA) is 41.1 Å². The largest absolute Gasteiger partial charge is 0.356 e. The van der Waals surface area contributed by atoms with Gasteiger partial charge < -0.3 is 10.6 Å². The Kier molecular flexibility index (Phi) is 4.22. The van der Waals surface area contributed by atoms with Crippen LogP contribution in [0.2, 0.25) is 0 Å². The number of hydrogen-bond acceptors (Lipinski definition) is 2. The maximum atomic E-state index is 11.5. The van der Waals surface area contributed by atoms with E-state index in [-0.39, 0.29) is 5.91 Å². The molecule has 2 bridgehead atoms. The Morgan fingerprint density at radius 2 is 2.19 bits per heavy atom. The average Bonchev–Trinajstić information content (AvgIpc) is 2.88. The highest BCUT2D eigenvalue weighted by Crippen LogP contribution is 2.47. The Labute approximate surface area is 98.4 Å². The van der Waals surface area contributed by atoms with Gasteiger partial charge in [0.2, 0.25) is 5.91 Å². The maximum Gasteiger partial charge on any atom is 0.221 e. The summed E-state index contributed by atoms with van der Waals surface area (Å²) >= 11 is 0. The zero-order chi connectivity index (χ0) is 11.4. The average molecular weight is 224 g/mol. The van der Waals surface area contributed by atoms with Crippen LogP contribution in [0.4, 0.5) is 0 Å². The first-order valence-electron chi connectivity index (χ1n) is 6.77. The summed E-state index contributed by atoms with van der Waals surface area (Å²) in [5, 5.41) is 6.26. The molecular formula is C13H24N2O. The fourth-order valence-corrected chi connectivity index (χ4v) is 3.34. The van der Waals surface area contributed by atoms with Crippen molar-refractivity contribution < 1.29 is 4.79 Å². The minimum absolute atomic E-state index is 0.212. The van der Waals surface area contributed by atoms with Crippen molar-refractivity contribution in [3.63, 3.8) is 0 Å². The molecule has 2 saturated carbocycles. The second-order valence-corrected chi connectivity index (χ2v) is 5.34. The van der Waals surface area contributed by atoms with Gasteiger partial charge in [0.1, 0.15) is 0 Å². The van der Waals surface area contributed by atoms with Crippen LogP contribution < -0.4 is 10.6 Å². The summed E-state index contributed by atoms with van der Waals surface area (Å²) in [7, 11) is 0. The second-order valence-electron chi connectivity index (χ2n) is 5.34. The molecule has 0 aromatic heterocycles. The van der Waals surface area contributed by atoms with E-state index in [9.17, 15) is 4.79 Å². The molecule has 0 radical (unpaired) electrons. The van der Waals surface area contributed by atoms with Crippen LogP contribution in [0.15, 0.2) is 0 Å². The van der Waals surface area contributed by atoms with Crippen molar-refractivity contribution in [3.05, 3.63) is 0 Å². The van der Waals surface area contributed by atoms with Crippen LogP contribution in [0.25, 0.3) is 0 Å². The highest BCUT2D eigenvalue weighted by atomic mass is 16.1. The van der Waals surface area contributed by atoms with Gasteiger partial charge >= 0.3 is 0 Å². The molecule has 3 unspecified atom stereocenters. The molecule has 0 saturated heterocycles. The summed E-state index contributed by atoms with van der Waals surface area (Å²) in [6.07, 6.45) is 6.25. The molecule has 0 aliphatic heterocycles. The number of rotatable bonds is 6. The van der Waals surface area contributed by atoms with Crippen LogP contribution in [0, 0.1) is 17.8 Å². The van der Waals surface area contributed by atoms with E-state index in [1.165, 1.54) is 25.7 Å². The molecule has 1 amide bonds. The summed E-state index contributed by atoms with van der Waals surface area (Å²) in [6, 6.07) is 0. The molecule has 0 heterocycles. The number of carbonyl (C=O) groups is 1. The van der Waals surface area contributed by atoms with Crippen molar-refractivity contribution in [3.8, 4) is 0 Å². The molecule has 0 aromatic carbocycles. The SMILES string of the molecule is CCNCCC(=O)NCC1CC2CCC1C2. The van der Waals surface area contributed by atoms with Crippen LogP contribution in [-0.4, -0.2) is 25.5 Å². The molecule has 3 atom stereocenters. The quantitative estimate of drug-likeness (QED) is 0.672. The van der Waals surface area contributed by atoms with E-state index in [4.69, 9.17) is 0 Å². The first-order chi connectivity index (χ1) is 7.79. The van der Waals surface area contributed by atoms with Crippen LogP contribution in [0.3, 0.4) is 0 Å². The zero-order valence-electron chi connectivity index (χ0n) is 10.3. The van der Waals surface area contributed by atoms with E-state index in [0.29, 0.717) is 6.42 Å². The van der Waals surface area contributed by atoms with Crippen molar-refractivity contribution in [2.24, 2.45) is 17.8 Å².